The predicted octanol–water partition coefficient (Wildman–Crippen LogP) is 1.96. The third kappa shape index (κ3) is 3.42. The second-order valence-electron chi connectivity index (χ2n) is 3.49. The summed E-state index contributed by atoms with van der Waals surface area (Å²) in [6.45, 7) is 4.31. The lowest BCUT2D eigenvalue weighted by atomic mass is 10.2. The maximum atomic E-state index is 8.58. The van der Waals surface area contributed by atoms with E-state index in [0.29, 0.717) is 18.0 Å². The van der Waals surface area contributed by atoms with Crippen LogP contribution in [0.1, 0.15) is 19.4 Å². The van der Waals surface area contributed by atoms with E-state index in [4.69, 9.17) is 14.7 Å². The van der Waals surface area contributed by atoms with Crippen molar-refractivity contribution in [2.45, 2.75) is 26.5 Å². The van der Waals surface area contributed by atoms with Crippen molar-refractivity contribution in [1.82, 2.24) is 5.48 Å². The maximum absolute atomic E-state index is 8.58. The quantitative estimate of drug-likeness (QED) is 0.731. The Morgan fingerprint density at radius 3 is 2.60 bits per heavy atom. The first-order valence-electron chi connectivity index (χ1n) is 4.88. The molecule has 0 aliphatic carbocycles. The number of rotatable bonds is 5. The van der Waals surface area contributed by atoms with Crippen LogP contribution in [0.25, 0.3) is 0 Å². The van der Waals surface area contributed by atoms with Crippen molar-refractivity contribution >= 4 is 0 Å². The number of methoxy groups -OCH3 is 1. The Morgan fingerprint density at radius 2 is 2.07 bits per heavy atom. The van der Waals surface area contributed by atoms with Gasteiger partial charge in [0, 0.05) is 6.54 Å². The Hall–Kier alpha value is -1.26. The first kappa shape index (κ1) is 11.8. The summed E-state index contributed by atoms with van der Waals surface area (Å²) in [5, 5.41) is 8.58. The van der Waals surface area contributed by atoms with E-state index in [1.807, 2.05) is 32.0 Å². The molecule has 0 aliphatic rings. The summed E-state index contributed by atoms with van der Waals surface area (Å²) in [5.41, 5.74) is 3.03. The van der Waals surface area contributed by atoms with Crippen LogP contribution in [-0.4, -0.2) is 18.4 Å². The predicted molar refractivity (Wildman–Crippen MR) is 57.4 cm³/mol. The second kappa shape index (κ2) is 5.58. The standard InChI is InChI=1S/C11H17NO3/c1-8(2)15-10-5-4-9(7-12-13)6-11(10)14-3/h4-6,8,12-13H,7H2,1-3H3. The minimum absolute atomic E-state index is 0.112. The molecule has 0 unspecified atom stereocenters. The van der Waals surface area contributed by atoms with Gasteiger partial charge in [-0.15, -0.1) is 0 Å². The van der Waals surface area contributed by atoms with Crippen LogP contribution in [0.15, 0.2) is 18.2 Å². The van der Waals surface area contributed by atoms with Gasteiger partial charge in [0.15, 0.2) is 11.5 Å². The number of benzene rings is 1. The molecule has 0 aliphatic heterocycles. The molecule has 0 atom stereocenters. The van der Waals surface area contributed by atoms with E-state index in [1.165, 1.54) is 0 Å². The molecule has 1 aromatic carbocycles. The normalized spacial score (nSPS) is 10.5. The molecule has 4 nitrogen and oxygen atoms in total. The summed E-state index contributed by atoms with van der Waals surface area (Å²) in [7, 11) is 1.60. The lowest BCUT2D eigenvalue weighted by Gasteiger charge is -2.14. The van der Waals surface area contributed by atoms with Gasteiger partial charge in [-0.1, -0.05) is 6.07 Å². The van der Waals surface area contributed by atoms with E-state index in [2.05, 4.69) is 5.48 Å². The van der Waals surface area contributed by atoms with Crippen molar-refractivity contribution in [3.63, 3.8) is 0 Å². The average Bonchev–Trinajstić information content (AvgIpc) is 2.20. The number of hydrogen-bond donors (Lipinski definition) is 2. The number of ether oxygens (including phenoxy) is 2. The molecular weight excluding hydrogens is 194 g/mol. The highest BCUT2D eigenvalue weighted by molar-refractivity contribution is 5.43. The fourth-order valence-electron chi connectivity index (χ4n) is 1.26. The number of hydrogen-bond acceptors (Lipinski definition) is 4. The van der Waals surface area contributed by atoms with Crippen LogP contribution >= 0.6 is 0 Å². The van der Waals surface area contributed by atoms with Crippen molar-refractivity contribution in [3.8, 4) is 11.5 Å². The molecule has 4 heteroatoms. The van der Waals surface area contributed by atoms with E-state index < -0.39 is 0 Å². The van der Waals surface area contributed by atoms with E-state index in [9.17, 15) is 0 Å². The van der Waals surface area contributed by atoms with Crippen LogP contribution in [0.2, 0.25) is 0 Å². The lowest BCUT2D eigenvalue weighted by Crippen LogP contribution is -2.08. The topological polar surface area (TPSA) is 50.7 Å². The molecule has 84 valence electrons. The van der Waals surface area contributed by atoms with Crippen LogP contribution in [0.4, 0.5) is 0 Å². The van der Waals surface area contributed by atoms with Gasteiger partial charge in [-0.05, 0) is 31.5 Å². The molecule has 0 bridgehead atoms. The van der Waals surface area contributed by atoms with Gasteiger partial charge in [0.05, 0.1) is 13.2 Å². The van der Waals surface area contributed by atoms with Crippen molar-refractivity contribution in [2.24, 2.45) is 0 Å². The zero-order valence-electron chi connectivity index (χ0n) is 9.28. The maximum Gasteiger partial charge on any atom is 0.161 e. The Balaban J connectivity index is 2.88. The van der Waals surface area contributed by atoms with Gasteiger partial charge in [0.2, 0.25) is 0 Å². The molecule has 0 saturated heterocycles. The molecular formula is C11H17NO3. The van der Waals surface area contributed by atoms with Gasteiger partial charge >= 0.3 is 0 Å². The summed E-state index contributed by atoms with van der Waals surface area (Å²) in [5.74, 6) is 1.39. The van der Waals surface area contributed by atoms with Crippen LogP contribution in [-0.2, 0) is 6.54 Å². The largest absolute Gasteiger partial charge is 0.493 e. The van der Waals surface area contributed by atoms with Crippen LogP contribution in [0, 0.1) is 0 Å². The highest BCUT2D eigenvalue weighted by atomic mass is 16.5. The van der Waals surface area contributed by atoms with Gasteiger partial charge < -0.3 is 14.7 Å². The number of nitrogens with one attached hydrogen (secondary N) is 1. The third-order valence-corrected chi connectivity index (χ3v) is 1.87. The fraction of sp³-hybridized carbons (Fsp3) is 0.455. The zero-order chi connectivity index (χ0) is 11.3. The second-order valence-corrected chi connectivity index (χ2v) is 3.49. The van der Waals surface area contributed by atoms with Crippen LogP contribution in [0.5, 0.6) is 11.5 Å². The SMILES string of the molecule is COc1cc(CNO)ccc1OC(C)C. The Morgan fingerprint density at radius 1 is 1.33 bits per heavy atom. The van der Waals surface area contributed by atoms with Gasteiger partial charge in [-0.25, -0.2) is 5.48 Å². The summed E-state index contributed by atoms with van der Waals surface area (Å²) in [6, 6.07) is 5.55. The van der Waals surface area contributed by atoms with E-state index in [1.54, 1.807) is 7.11 Å². The molecule has 0 amide bonds. The molecule has 15 heavy (non-hydrogen) atoms. The smallest absolute Gasteiger partial charge is 0.161 e. The molecule has 2 N–H and O–H groups in total. The summed E-state index contributed by atoms with van der Waals surface area (Å²) >= 11 is 0. The van der Waals surface area contributed by atoms with Gasteiger partial charge in [0.25, 0.3) is 0 Å². The molecule has 0 spiro atoms. The zero-order valence-corrected chi connectivity index (χ0v) is 9.28. The van der Waals surface area contributed by atoms with E-state index in [0.717, 1.165) is 5.56 Å². The minimum atomic E-state index is 0.112. The van der Waals surface area contributed by atoms with Gasteiger partial charge in [-0.2, -0.15) is 0 Å². The summed E-state index contributed by atoms with van der Waals surface area (Å²) < 4.78 is 10.8. The molecule has 1 rings (SSSR count). The van der Waals surface area contributed by atoms with Crippen molar-refractivity contribution in [2.75, 3.05) is 7.11 Å². The van der Waals surface area contributed by atoms with E-state index in [-0.39, 0.29) is 6.10 Å². The van der Waals surface area contributed by atoms with Crippen molar-refractivity contribution in [3.05, 3.63) is 23.8 Å². The first-order chi connectivity index (χ1) is 7.17. The Bertz CT molecular complexity index is 313. The Kier molecular flexibility index (Phi) is 4.39. The minimum Gasteiger partial charge on any atom is -0.493 e. The molecule has 0 heterocycles. The van der Waals surface area contributed by atoms with Crippen molar-refractivity contribution < 1.29 is 14.7 Å². The fourth-order valence-corrected chi connectivity index (χ4v) is 1.26. The average molecular weight is 211 g/mol. The molecule has 0 fully saturated rings. The van der Waals surface area contributed by atoms with Crippen LogP contribution < -0.4 is 15.0 Å². The highest BCUT2D eigenvalue weighted by Crippen LogP contribution is 2.28. The highest BCUT2D eigenvalue weighted by Gasteiger charge is 2.06. The Labute approximate surface area is 89.8 Å². The third-order valence-electron chi connectivity index (χ3n) is 1.87. The van der Waals surface area contributed by atoms with E-state index >= 15 is 0 Å². The van der Waals surface area contributed by atoms with Crippen molar-refractivity contribution in [1.29, 1.82) is 0 Å². The first-order valence-corrected chi connectivity index (χ1v) is 4.88. The molecule has 0 saturated carbocycles. The summed E-state index contributed by atoms with van der Waals surface area (Å²) in [4.78, 5) is 0. The van der Waals surface area contributed by atoms with Crippen LogP contribution in [0.3, 0.4) is 0 Å². The molecule has 0 radical (unpaired) electrons. The van der Waals surface area contributed by atoms with Gasteiger partial charge in [-0.3, -0.25) is 0 Å². The number of hydroxylamine groups is 1. The molecule has 1 aromatic rings. The lowest BCUT2D eigenvalue weighted by molar-refractivity contribution is 0.161. The van der Waals surface area contributed by atoms with Gasteiger partial charge in [0.1, 0.15) is 0 Å². The molecule has 0 aromatic heterocycles. The summed E-state index contributed by atoms with van der Waals surface area (Å²) in [6.07, 6.45) is 0.112. The monoisotopic (exact) mass is 211 g/mol.